The number of nitrogens with zero attached hydrogens (tertiary/aromatic N) is 1. The lowest BCUT2D eigenvalue weighted by Gasteiger charge is -2.28. The van der Waals surface area contributed by atoms with Crippen LogP contribution in [0.3, 0.4) is 0 Å². The molecule has 6 nitrogen and oxygen atoms in total. The molecule has 4 rings (SSSR count). The molecule has 0 radical (unpaired) electrons. The molecule has 1 heterocycles. The molecule has 3 aromatic rings. The van der Waals surface area contributed by atoms with Crippen LogP contribution in [-0.4, -0.2) is 27.7 Å². The molecule has 8 heteroatoms. The molecule has 1 aliphatic heterocycles. The quantitative estimate of drug-likeness (QED) is 0.632. The minimum Gasteiger partial charge on any atom is -0.280 e. The maximum Gasteiger partial charge on any atom is 0.261 e. The van der Waals surface area contributed by atoms with Gasteiger partial charge in [-0.1, -0.05) is 41.5 Å². The van der Waals surface area contributed by atoms with Crippen molar-refractivity contribution in [1.29, 1.82) is 0 Å². The van der Waals surface area contributed by atoms with Crippen molar-refractivity contribution in [1.82, 2.24) is 4.31 Å². The molecule has 0 saturated heterocycles. The highest BCUT2D eigenvalue weighted by atomic mass is 32.2. The number of hydrogen-bond donors (Lipinski definition) is 1. The van der Waals surface area contributed by atoms with Gasteiger partial charge in [-0.05, 0) is 67.8 Å². The molecule has 0 fully saturated rings. The number of anilines is 1. The summed E-state index contributed by atoms with van der Waals surface area (Å²) in [4.78, 5) is 0.442. The molecule has 1 aliphatic rings. The predicted molar refractivity (Wildman–Crippen MR) is 121 cm³/mol. The fraction of sp³-hybridized carbons (Fsp3) is 0.217. The van der Waals surface area contributed by atoms with Gasteiger partial charge < -0.3 is 0 Å². The van der Waals surface area contributed by atoms with Crippen LogP contribution in [0.5, 0.6) is 0 Å². The third-order valence-electron chi connectivity index (χ3n) is 5.43. The van der Waals surface area contributed by atoms with E-state index in [1.54, 1.807) is 60.7 Å². The molecule has 0 amide bonds. The zero-order valence-corrected chi connectivity index (χ0v) is 19.0. The Morgan fingerprint density at radius 2 is 1.32 bits per heavy atom. The molecule has 0 aromatic heterocycles. The predicted octanol–water partition coefficient (Wildman–Crippen LogP) is 3.85. The van der Waals surface area contributed by atoms with Gasteiger partial charge in [0.05, 0.1) is 9.79 Å². The second kappa shape index (κ2) is 8.11. The zero-order chi connectivity index (χ0) is 22.2. The summed E-state index contributed by atoms with van der Waals surface area (Å²) >= 11 is 0. The monoisotopic (exact) mass is 456 g/mol. The van der Waals surface area contributed by atoms with Crippen LogP contribution in [0.2, 0.25) is 0 Å². The van der Waals surface area contributed by atoms with E-state index in [4.69, 9.17) is 0 Å². The molecule has 0 spiro atoms. The van der Waals surface area contributed by atoms with E-state index in [1.165, 1.54) is 4.31 Å². The lowest BCUT2D eigenvalue weighted by atomic mass is 10.0. The number of benzene rings is 3. The van der Waals surface area contributed by atoms with Crippen LogP contribution < -0.4 is 4.72 Å². The summed E-state index contributed by atoms with van der Waals surface area (Å²) in [6, 6.07) is 18.7. The summed E-state index contributed by atoms with van der Waals surface area (Å²) in [7, 11) is -7.35. The third-order valence-corrected chi connectivity index (χ3v) is 8.68. The van der Waals surface area contributed by atoms with Gasteiger partial charge in [0.2, 0.25) is 10.0 Å². The number of rotatable bonds is 5. The smallest absolute Gasteiger partial charge is 0.261 e. The highest BCUT2D eigenvalue weighted by Gasteiger charge is 2.28. The van der Waals surface area contributed by atoms with E-state index in [9.17, 15) is 16.8 Å². The molecule has 3 aromatic carbocycles. The Morgan fingerprint density at radius 1 is 0.742 bits per heavy atom. The van der Waals surface area contributed by atoms with Crippen LogP contribution in [0.1, 0.15) is 22.3 Å². The third kappa shape index (κ3) is 4.51. The number of fused-ring (bicyclic) bond motifs is 1. The van der Waals surface area contributed by atoms with E-state index >= 15 is 0 Å². The summed E-state index contributed by atoms with van der Waals surface area (Å²) in [5, 5.41) is 0. The molecule has 31 heavy (non-hydrogen) atoms. The second-order valence-corrected chi connectivity index (χ2v) is 11.4. The van der Waals surface area contributed by atoms with E-state index in [-0.39, 0.29) is 16.3 Å². The summed E-state index contributed by atoms with van der Waals surface area (Å²) in [5.41, 5.74) is 4.20. The maximum absolute atomic E-state index is 13.0. The number of sulfonamides is 2. The van der Waals surface area contributed by atoms with Crippen LogP contribution in [0.15, 0.2) is 76.5 Å². The Balaban J connectivity index is 1.58. The maximum atomic E-state index is 13.0. The van der Waals surface area contributed by atoms with E-state index < -0.39 is 20.0 Å². The molecule has 0 aliphatic carbocycles. The van der Waals surface area contributed by atoms with Crippen molar-refractivity contribution in [3.8, 4) is 0 Å². The van der Waals surface area contributed by atoms with Crippen LogP contribution >= 0.6 is 0 Å². The van der Waals surface area contributed by atoms with Crippen LogP contribution in [0.4, 0.5) is 5.69 Å². The number of nitrogens with one attached hydrogen (secondary N) is 1. The molecule has 0 unspecified atom stereocenters. The van der Waals surface area contributed by atoms with E-state index in [0.717, 1.165) is 22.3 Å². The van der Waals surface area contributed by atoms with Crippen molar-refractivity contribution < 1.29 is 16.8 Å². The summed E-state index contributed by atoms with van der Waals surface area (Å²) in [6.07, 6.45) is 0.575. The molecule has 0 atom stereocenters. The average molecular weight is 457 g/mol. The van der Waals surface area contributed by atoms with Gasteiger partial charge in [-0.2, -0.15) is 4.31 Å². The van der Waals surface area contributed by atoms with Gasteiger partial charge >= 0.3 is 0 Å². The molecule has 0 bridgehead atoms. The minimum atomic E-state index is -3.73. The normalized spacial score (nSPS) is 14.8. The minimum absolute atomic E-state index is 0.180. The largest absolute Gasteiger partial charge is 0.280 e. The zero-order valence-electron chi connectivity index (χ0n) is 17.4. The molecular formula is C23H24N2O4S2. The Kier molecular flexibility index (Phi) is 5.63. The average Bonchev–Trinajstić information content (AvgIpc) is 2.73. The molecule has 1 N–H and O–H groups in total. The van der Waals surface area contributed by atoms with Gasteiger partial charge in [-0.25, -0.2) is 16.8 Å². The molecule has 162 valence electrons. The first-order chi connectivity index (χ1) is 14.6. The van der Waals surface area contributed by atoms with Crippen molar-refractivity contribution in [2.75, 3.05) is 11.3 Å². The Hall–Kier alpha value is -2.68. The summed E-state index contributed by atoms with van der Waals surface area (Å²) < 4.78 is 55.5. The molecular weight excluding hydrogens is 432 g/mol. The fourth-order valence-electron chi connectivity index (χ4n) is 3.59. The SMILES string of the molecule is Cc1ccc(S(=O)(=O)Nc2ccc3c(c2)CN(S(=O)(=O)c2ccc(C)cc2)CC3)cc1. The van der Waals surface area contributed by atoms with Gasteiger partial charge in [0, 0.05) is 18.8 Å². The van der Waals surface area contributed by atoms with E-state index in [1.807, 2.05) is 19.9 Å². The first-order valence-electron chi connectivity index (χ1n) is 9.93. The highest BCUT2D eigenvalue weighted by Crippen LogP contribution is 2.28. The van der Waals surface area contributed by atoms with Gasteiger partial charge in [-0.15, -0.1) is 0 Å². The van der Waals surface area contributed by atoms with Crippen LogP contribution in [0, 0.1) is 13.8 Å². The number of aryl methyl sites for hydroxylation is 2. The second-order valence-electron chi connectivity index (χ2n) is 7.80. The fourth-order valence-corrected chi connectivity index (χ4v) is 6.06. The van der Waals surface area contributed by atoms with Gasteiger partial charge in [0.25, 0.3) is 10.0 Å². The Bertz CT molecular complexity index is 1310. The summed E-state index contributed by atoms with van der Waals surface area (Å²) in [6.45, 7) is 4.39. The van der Waals surface area contributed by atoms with Crippen molar-refractivity contribution in [3.05, 3.63) is 89.0 Å². The lowest BCUT2D eigenvalue weighted by Crippen LogP contribution is -2.36. The van der Waals surface area contributed by atoms with E-state index in [2.05, 4.69) is 4.72 Å². The van der Waals surface area contributed by atoms with Crippen LogP contribution in [-0.2, 0) is 33.0 Å². The first-order valence-corrected chi connectivity index (χ1v) is 12.9. The number of hydrogen-bond acceptors (Lipinski definition) is 4. The van der Waals surface area contributed by atoms with Crippen LogP contribution in [0.25, 0.3) is 0 Å². The van der Waals surface area contributed by atoms with Gasteiger partial charge in [0.15, 0.2) is 0 Å². The van der Waals surface area contributed by atoms with Gasteiger partial charge in [-0.3, -0.25) is 4.72 Å². The summed E-state index contributed by atoms with van der Waals surface area (Å²) in [5.74, 6) is 0. The van der Waals surface area contributed by atoms with Crippen molar-refractivity contribution in [2.24, 2.45) is 0 Å². The standard InChI is InChI=1S/C23H24N2O4S2/c1-17-3-9-22(10-4-17)30(26,27)24-21-8-7-19-13-14-25(16-20(19)15-21)31(28,29)23-11-5-18(2)6-12-23/h3-12,15,24H,13-14,16H2,1-2H3. The Labute approximate surface area is 183 Å². The molecule has 0 saturated carbocycles. The van der Waals surface area contributed by atoms with Gasteiger partial charge in [0.1, 0.15) is 0 Å². The Morgan fingerprint density at radius 3 is 1.94 bits per heavy atom. The lowest BCUT2D eigenvalue weighted by molar-refractivity contribution is 0.391. The highest BCUT2D eigenvalue weighted by molar-refractivity contribution is 7.92. The van der Waals surface area contributed by atoms with E-state index in [0.29, 0.717) is 18.7 Å². The van der Waals surface area contributed by atoms with Crippen molar-refractivity contribution in [3.63, 3.8) is 0 Å². The first kappa shape index (κ1) is 21.5. The van der Waals surface area contributed by atoms with Crippen molar-refractivity contribution >= 4 is 25.7 Å². The van der Waals surface area contributed by atoms with Crippen molar-refractivity contribution in [2.45, 2.75) is 36.6 Å². The topological polar surface area (TPSA) is 83.6 Å².